The quantitative estimate of drug-likeness (QED) is 0.881. The van der Waals surface area contributed by atoms with E-state index in [2.05, 4.69) is 4.98 Å². The van der Waals surface area contributed by atoms with Gasteiger partial charge in [-0.25, -0.2) is 0 Å². The second-order valence-electron chi connectivity index (χ2n) is 4.47. The van der Waals surface area contributed by atoms with Gasteiger partial charge < -0.3 is 9.72 Å². The van der Waals surface area contributed by atoms with Crippen molar-refractivity contribution in [1.29, 1.82) is 0 Å². The lowest BCUT2D eigenvalue weighted by atomic mass is 9.89. The minimum atomic E-state index is 0.0312. The van der Waals surface area contributed by atoms with Crippen LogP contribution in [0, 0.1) is 4.77 Å². The first kappa shape index (κ1) is 12.1. The second-order valence-corrected chi connectivity index (χ2v) is 5.77. The number of H-pyrrole nitrogens is 1. The smallest absolute Gasteiger partial charge is 0.272 e. The molecule has 0 radical (unpaired) electrons. The number of fused-ring (bicyclic) bond motifs is 1. The summed E-state index contributed by atoms with van der Waals surface area (Å²) < 4.78 is 8.51. The molecule has 1 aliphatic carbocycles. The largest absolute Gasteiger partial charge is 0.378 e. The SMILES string of the molecule is CCOC1CC(n2c(=S)[nH]c3ccsc3c2=O)C1. The molecule has 0 bridgehead atoms. The van der Waals surface area contributed by atoms with Crippen LogP contribution in [0.25, 0.3) is 10.2 Å². The van der Waals surface area contributed by atoms with Crippen LogP contribution < -0.4 is 5.56 Å². The van der Waals surface area contributed by atoms with Crippen LogP contribution in [0.1, 0.15) is 25.8 Å². The topological polar surface area (TPSA) is 47.0 Å². The summed E-state index contributed by atoms with van der Waals surface area (Å²) in [5.41, 5.74) is 0.871. The minimum absolute atomic E-state index is 0.0312. The van der Waals surface area contributed by atoms with Crippen molar-refractivity contribution in [2.45, 2.75) is 31.9 Å². The Balaban J connectivity index is 1.98. The highest BCUT2D eigenvalue weighted by Gasteiger charge is 2.32. The van der Waals surface area contributed by atoms with Gasteiger partial charge in [-0.05, 0) is 43.4 Å². The van der Waals surface area contributed by atoms with E-state index in [1.807, 2.05) is 18.4 Å². The fourth-order valence-electron chi connectivity index (χ4n) is 2.40. The minimum Gasteiger partial charge on any atom is -0.378 e. The van der Waals surface area contributed by atoms with Crippen LogP contribution in [0.15, 0.2) is 16.2 Å². The zero-order valence-corrected chi connectivity index (χ0v) is 11.6. The van der Waals surface area contributed by atoms with E-state index in [0.29, 0.717) is 4.77 Å². The molecule has 1 fully saturated rings. The van der Waals surface area contributed by atoms with Crippen molar-refractivity contribution in [1.82, 2.24) is 9.55 Å². The van der Waals surface area contributed by atoms with Gasteiger partial charge in [0, 0.05) is 12.6 Å². The predicted octanol–water partition coefficient (Wildman–Crippen LogP) is 2.86. The zero-order valence-electron chi connectivity index (χ0n) is 10.0. The maximum Gasteiger partial charge on any atom is 0.272 e. The number of nitrogens with one attached hydrogen (secondary N) is 1. The summed E-state index contributed by atoms with van der Waals surface area (Å²) in [5, 5.41) is 1.91. The summed E-state index contributed by atoms with van der Waals surface area (Å²) in [6, 6.07) is 2.08. The van der Waals surface area contributed by atoms with Crippen LogP contribution in [0.4, 0.5) is 0 Å². The van der Waals surface area contributed by atoms with Gasteiger partial charge in [-0.2, -0.15) is 0 Å². The number of rotatable bonds is 3. The lowest BCUT2D eigenvalue weighted by Gasteiger charge is -2.35. The number of nitrogens with zero attached hydrogens (tertiary/aromatic N) is 1. The van der Waals surface area contributed by atoms with E-state index >= 15 is 0 Å². The lowest BCUT2D eigenvalue weighted by Crippen LogP contribution is -2.38. The zero-order chi connectivity index (χ0) is 12.7. The van der Waals surface area contributed by atoms with Gasteiger partial charge in [0.2, 0.25) is 0 Å². The normalized spacial score (nSPS) is 23.2. The third kappa shape index (κ3) is 1.84. The highest BCUT2D eigenvalue weighted by atomic mass is 32.1. The Kier molecular flexibility index (Phi) is 3.09. The molecular formula is C12H14N2O2S2. The van der Waals surface area contributed by atoms with Crippen LogP contribution in [-0.2, 0) is 4.74 Å². The monoisotopic (exact) mass is 282 g/mol. The summed E-state index contributed by atoms with van der Waals surface area (Å²) >= 11 is 6.74. The van der Waals surface area contributed by atoms with Crippen molar-refractivity contribution >= 4 is 33.8 Å². The summed E-state index contributed by atoms with van der Waals surface area (Å²) in [7, 11) is 0. The predicted molar refractivity (Wildman–Crippen MR) is 75.0 cm³/mol. The maximum atomic E-state index is 12.4. The Morgan fingerprint density at radius 1 is 1.61 bits per heavy atom. The molecule has 2 heterocycles. The van der Waals surface area contributed by atoms with E-state index in [-0.39, 0.29) is 17.7 Å². The standard InChI is InChI=1S/C12H14N2O2S2/c1-2-16-8-5-7(6-8)14-11(15)10-9(3-4-18-10)13-12(14)17/h3-4,7-8H,2,5-6H2,1H3,(H,13,17). The third-order valence-corrected chi connectivity index (χ3v) is 4.58. The van der Waals surface area contributed by atoms with Crippen molar-refractivity contribution in [2.24, 2.45) is 0 Å². The summed E-state index contributed by atoms with van der Waals surface area (Å²) in [5.74, 6) is 0. The molecule has 96 valence electrons. The molecule has 0 amide bonds. The number of ether oxygens (including phenoxy) is 1. The molecular weight excluding hydrogens is 268 g/mol. The average Bonchev–Trinajstić information content (AvgIpc) is 2.73. The van der Waals surface area contributed by atoms with E-state index in [0.717, 1.165) is 29.7 Å². The molecule has 2 aromatic rings. The molecule has 1 N–H and O–H groups in total. The highest BCUT2D eigenvalue weighted by Crippen LogP contribution is 2.34. The first-order valence-corrected chi connectivity index (χ1v) is 7.33. The molecule has 4 nitrogen and oxygen atoms in total. The summed E-state index contributed by atoms with van der Waals surface area (Å²) in [4.78, 5) is 15.5. The molecule has 0 atom stereocenters. The molecule has 0 saturated heterocycles. The van der Waals surface area contributed by atoms with Crippen molar-refractivity contribution in [2.75, 3.05) is 6.61 Å². The van der Waals surface area contributed by atoms with Crippen LogP contribution in [0.5, 0.6) is 0 Å². The van der Waals surface area contributed by atoms with Gasteiger partial charge in [0.15, 0.2) is 4.77 Å². The van der Waals surface area contributed by atoms with Crippen LogP contribution in [0.3, 0.4) is 0 Å². The van der Waals surface area contributed by atoms with E-state index in [1.54, 1.807) is 4.57 Å². The third-order valence-electron chi connectivity index (χ3n) is 3.38. The summed E-state index contributed by atoms with van der Waals surface area (Å²) in [6.45, 7) is 2.71. The number of hydrogen-bond acceptors (Lipinski definition) is 4. The number of hydrogen-bond donors (Lipinski definition) is 1. The Hall–Kier alpha value is -0.980. The molecule has 1 aliphatic rings. The van der Waals surface area contributed by atoms with Gasteiger partial charge in [-0.1, -0.05) is 0 Å². The highest BCUT2D eigenvalue weighted by molar-refractivity contribution is 7.71. The van der Waals surface area contributed by atoms with E-state index in [1.165, 1.54) is 11.3 Å². The number of thiophene rings is 1. The molecule has 1 saturated carbocycles. The first-order valence-electron chi connectivity index (χ1n) is 6.04. The average molecular weight is 282 g/mol. The number of aromatic nitrogens is 2. The molecule has 2 aromatic heterocycles. The maximum absolute atomic E-state index is 12.4. The molecule has 0 aliphatic heterocycles. The van der Waals surface area contributed by atoms with Gasteiger partial charge in [-0.15, -0.1) is 11.3 Å². The van der Waals surface area contributed by atoms with Crippen LogP contribution in [0.2, 0.25) is 0 Å². The fraction of sp³-hybridized carbons (Fsp3) is 0.500. The van der Waals surface area contributed by atoms with E-state index < -0.39 is 0 Å². The molecule has 6 heteroatoms. The molecule has 0 unspecified atom stereocenters. The lowest BCUT2D eigenvalue weighted by molar-refractivity contribution is -0.0209. The van der Waals surface area contributed by atoms with Crippen molar-refractivity contribution in [3.8, 4) is 0 Å². The van der Waals surface area contributed by atoms with E-state index in [9.17, 15) is 4.79 Å². The molecule has 0 spiro atoms. The van der Waals surface area contributed by atoms with Gasteiger partial charge in [0.25, 0.3) is 5.56 Å². The Morgan fingerprint density at radius 3 is 3.11 bits per heavy atom. The van der Waals surface area contributed by atoms with Gasteiger partial charge in [0.05, 0.1) is 11.6 Å². The van der Waals surface area contributed by atoms with Gasteiger partial charge >= 0.3 is 0 Å². The Bertz CT molecular complexity index is 679. The van der Waals surface area contributed by atoms with Crippen LogP contribution >= 0.6 is 23.6 Å². The van der Waals surface area contributed by atoms with Crippen molar-refractivity contribution in [3.05, 3.63) is 26.6 Å². The second kappa shape index (κ2) is 4.60. The molecule has 18 heavy (non-hydrogen) atoms. The summed E-state index contributed by atoms with van der Waals surface area (Å²) in [6.07, 6.45) is 2.03. The Labute approximate surface area is 113 Å². The van der Waals surface area contributed by atoms with Crippen LogP contribution in [-0.4, -0.2) is 22.3 Å². The number of aromatic amines is 1. The van der Waals surface area contributed by atoms with Gasteiger partial charge in [0.1, 0.15) is 4.70 Å². The van der Waals surface area contributed by atoms with Crippen molar-refractivity contribution in [3.63, 3.8) is 0 Å². The molecule has 3 rings (SSSR count). The molecule has 0 aromatic carbocycles. The fourth-order valence-corrected chi connectivity index (χ4v) is 3.53. The first-order chi connectivity index (χ1) is 8.70. The van der Waals surface area contributed by atoms with Gasteiger partial charge in [-0.3, -0.25) is 9.36 Å². The Morgan fingerprint density at radius 2 is 2.39 bits per heavy atom. The van der Waals surface area contributed by atoms with E-state index in [4.69, 9.17) is 17.0 Å². The van der Waals surface area contributed by atoms with Crippen molar-refractivity contribution < 1.29 is 4.74 Å².